The van der Waals surface area contributed by atoms with Crippen molar-refractivity contribution in [3.8, 4) is 5.75 Å². The van der Waals surface area contributed by atoms with Gasteiger partial charge in [-0.1, -0.05) is 11.6 Å². The average Bonchev–Trinajstić information content (AvgIpc) is 3.06. The minimum atomic E-state index is -0.578. The minimum absolute atomic E-state index is 0.00171. The van der Waals surface area contributed by atoms with E-state index in [0.717, 1.165) is 18.5 Å². The predicted molar refractivity (Wildman–Crippen MR) is 150 cm³/mol. The number of carbonyl (C=O) groups excluding carboxylic acids is 1. The molecule has 0 saturated carbocycles. The zero-order valence-electron chi connectivity index (χ0n) is 22.5. The van der Waals surface area contributed by atoms with Gasteiger partial charge in [-0.25, -0.2) is 9.59 Å². The Kier molecular flexibility index (Phi) is 7.58. The molecule has 2 saturated heterocycles. The highest BCUT2D eigenvalue weighted by Crippen LogP contribution is 2.43. The monoisotopic (exact) mass is 611 g/mol. The van der Waals surface area contributed by atoms with Crippen molar-refractivity contribution >= 4 is 50.3 Å². The van der Waals surface area contributed by atoms with Crippen LogP contribution in [0.5, 0.6) is 5.75 Å². The van der Waals surface area contributed by atoms with E-state index in [9.17, 15) is 9.59 Å². The van der Waals surface area contributed by atoms with E-state index in [1.807, 2.05) is 40.7 Å². The van der Waals surface area contributed by atoms with Gasteiger partial charge in [0.2, 0.25) is 0 Å². The van der Waals surface area contributed by atoms with Crippen LogP contribution in [-0.2, 0) is 16.0 Å². The van der Waals surface area contributed by atoms with Crippen LogP contribution in [0.25, 0.3) is 10.9 Å². The van der Waals surface area contributed by atoms with Crippen molar-refractivity contribution in [1.82, 2.24) is 19.4 Å². The second kappa shape index (κ2) is 10.5. The van der Waals surface area contributed by atoms with E-state index < -0.39 is 5.60 Å². The smallest absolute Gasteiger partial charge is 0.410 e. The van der Waals surface area contributed by atoms with Crippen LogP contribution < -0.4 is 15.3 Å². The molecule has 3 atom stereocenters. The van der Waals surface area contributed by atoms with Crippen LogP contribution in [0.15, 0.2) is 15.3 Å². The summed E-state index contributed by atoms with van der Waals surface area (Å²) in [5, 5.41) is 1.24. The molecule has 0 N–H and O–H groups in total. The molecule has 2 aromatic rings. The van der Waals surface area contributed by atoms with Crippen molar-refractivity contribution in [3.63, 3.8) is 0 Å². The van der Waals surface area contributed by atoms with Crippen molar-refractivity contribution < 1.29 is 19.0 Å². The van der Waals surface area contributed by atoms with Crippen molar-refractivity contribution in [2.45, 2.75) is 64.9 Å². The molecule has 0 aliphatic carbocycles. The van der Waals surface area contributed by atoms with Gasteiger partial charge in [0, 0.05) is 50.2 Å². The van der Waals surface area contributed by atoms with Gasteiger partial charge >= 0.3 is 11.8 Å². The van der Waals surface area contributed by atoms with E-state index in [2.05, 4.69) is 30.7 Å². The quantitative estimate of drug-likeness (QED) is 0.507. The number of carbonyl (C=O) groups is 1. The lowest BCUT2D eigenvalue weighted by atomic mass is 10.1. The summed E-state index contributed by atoms with van der Waals surface area (Å²) in [5.41, 5.74) is -0.228. The van der Waals surface area contributed by atoms with Gasteiger partial charge in [0.15, 0.2) is 5.75 Å². The molecule has 4 heterocycles. The second-order valence-electron chi connectivity index (χ2n) is 11.3. The van der Waals surface area contributed by atoms with E-state index in [1.165, 1.54) is 0 Å². The Balaban J connectivity index is 1.54. The predicted octanol–water partition coefficient (Wildman–Crippen LogP) is 3.74. The summed E-state index contributed by atoms with van der Waals surface area (Å²) < 4.78 is 19.8. The van der Waals surface area contributed by atoms with Gasteiger partial charge in [0.25, 0.3) is 0 Å². The van der Waals surface area contributed by atoms with Gasteiger partial charge in [-0.2, -0.15) is 4.98 Å². The zero-order valence-corrected chi connectivity index (χ0v) is 24.8. The Labute approximate surface area is 235 Å². The van der Waals surface area contributed by atoms with Crippen LogP contribution in [-0.4, -0.2) is 95.2 Å². The normalized spacial score (nSPS) is 24.8. The molecule has 1 aromatic carbocycles. The number of piperazine rings is 1. The Hall–Kier alpha value is -2.08. The summed E-state index contributed by atoms with van der Waals surface area (Å²) in [5.74, 6) is 1.10. The summed E-state index contributed by atoms with van der Waals surface area (Å²) in [6, 6.07) is 1.59. The third-order valence-electron chi connectivity index (χ3n) is 7.36. The fourth-order valence-electron chi connectivity index (χ4n) is 5.46. The van der Waals surface area contributed by atoms with E-state index >= 15 is 0 Å². The summed E-state index contributed by atoms with van der Waals surface area (Å²) in [4.78, 5) is 37.2. The highest BCUT2D eigenvalue weighted by atomic mass is 79.9. The average molecular weight is 613 g/mol. The number of nitrogens with zero attached hydrogens (tertiary/aromatic N) is 5. The molecule has 0 radical (unpaired) electrons. The number of rotatable bonds is 2. The van der Waals surface area contributed by atoms with E-state index in [1.54, 1.807) is 9.47 Å². The number of ether oxygens (including phenoxy) is 3. The molecule has 10 nitrogen and oxygen atoms in total. The number of benzene rings is 1. The number of amides is 1. The first-order chi connectivity index (χ1) is 17.9. The minimum Gasteiger partial charge on any atom is -0.488 e. The molecule has 0 bridgehead atoms. The summed E-state index contributed by atoms with van der Waals surface area (Å²) in [6.07, 6.45) is -0.340. The van der Waals surface area contributed by atoms with Gasteiger partial charge in [0.1, 0.15) is 18.0 Å². The van der Waals surface area contributed by atoms with Crippen LogP contribution in [0.1, 0.15) is 34.6 Å². The molecule has 1 amide bonds. The van der Waals surface area contributed by atoms with Gasteiger partial charge < -0.3 is 24.0 Å². The zero-order chi connectivity index (χ0) is 27.4. The van der Waals surface area contributed by atoms with Crippen molar-refractivity contribution in [1.29, 1.82) is 0 Å². The molecule has 3 aliphatic rings. The van der Waals surface area contributed by atoms with Crippen molar-refractivity contribution in [2.75, 3.05) is 50.9 Å². The number of aromatic nitrogens is 2. The Morgan fingerprint density at radius 1 is 1.16 bits per heavy atom. The number of halogens is 2. The SMILES string of the molecule is CC1CN(c2nc(=O)n3c4c(c(Br)c(Cl)cc24)OC[C@H](N2CCOCC2)C3)C(C)CN1C(=O)OC(C)(C)C. The second-order valence-corrected chi connectivity index (χ2v) is 12.5. The Morgan fingerprint density at radius 2 is 1.87 bits per heavy atom. The Morgan fingerprint density at radius 3 is 2.55 bits per heavy atom. The van der Waals surface area contributed by atoms with Crippen LogP contribution in [0.4, 0.5) is 10.6 Å². The van der Waals surface area contributed by atoms with Crippen LogP contribution in [0.3, 0.4) is 0 Å². The molecule has 208 valence electrons. The fraction of sp³-hybridized carbons (Fsp3) is 0.654. The highest BCUT2D eigenvalue weighted by molar-refractivity contribution is 9.10. The summed E-state index contributed by atoms with van der Waals surface area (Å²) in [6.45, 7) is 14.3. The van der Waals surface area contributed by atoms with E-state index in [4.69, 9.17) is 25.8 Å². The summed E-state index contributed by atoms with van der Waals surface area (Å²) in [7, 11) is 0. The molecule has 5 rings (SSSR count). The van der Waals surface area contributed by atoms with E-state index in [0.29, 0.717) is 66.0 Å². The maximum Gasteiger partial charge on any atom is 0.410 e. The van der Waals surface area contributed by atoms with Crippen LogP contribution in [0.2, 0.25) is 5.02 Å². The first kappa shape index (κ1) is 27.5. The lowest BCUT2D eigenvalue weighted by Gasteiger charge is -2.45. The molecule has 2 fully saturated rings. The van der Waals surface area contributed by atoms with E-state index in [-0.39, 0.29) is 29.9 Å². The first-order valence-corrected chi connectivity index (χ1v) is 14.2. The maximum absolute atomic E-state index is 13.6. The molecule has 12 heteroatoms. The number of morpholine rings is 1. The largest absolute Gasteiger partial charge is 0.488 e. The van der Waals surface area contributed by atoms with Gasteiger partial charge in [-0.3, -0.25) is 9.47 Å². The molecular weight excluding hydrogens is 578 g/mol. The molecule has 3 aliphatic heterocycles. The number of hydrogen-bond donors (Lipinski definition) is 0. The van der Waals surface area contributed by atoms with Gasteiger partial charge in [-0.15, -0.1) is 0 Å². The lowest BCUT2D eigenvalue weighted by Crippen LogP contribution is -2.59. The number of hydrogen-bond acceptors (Lipinski definition) is 8. The highest BCUT2D eigenvalue weighted by Gasteiger charge is 2.37. The molecule has 2 unspecified atom stereocenters. The summed E-state index contributed by atoms with van der Waals surface area (Å²) >= 11 is 10.3. The molecule has 1 aromatic heterocycles. The molecule has 38 heavy (non-hydrogen) atoms. The number of anilines is 1. The lowest BCUT2D eigenvalue weighted by molar-refractivity contribution is 0.00328. The molecular formula is C26H35BrClN5O5. The third-order valence-corrected chi connectivity index (χ3v) is 8.67. The van der Waals surface area contributed by atoms with Crippen LogP contribution in [0, 0.1) is 0 Å². The third kappa shape index (κ3) is 5.22. The topological polar surface area (TPSA) is 89.4 Å². The fourth-order valence-corrected chi connectivity index (χ4v) is 6.07. The first-order valence-electron chi connectivity index (χ1n) is 13.1. The maximum atomic E-state index is 13.6. The van der Waals surface area contributed by atoms with Gasteiger partial charge in [0.05, 0.1) is 34.3 Å². The molecule has 0 spiro atoms. The van der Waals surface area contributed by atoms with Crippen molar-refractivity contribution in [2.24, 2.45) is 0 Å². The standard InChI is InChI=1S/C26H35BrClN5O5/c1-15-12-32(25(35)38-26(3,4)5)16(2)11-31(15)23-18-10-19(28)20(27)22-21(18)33(24(34)29-23)13-17(14-37-22)30-6-8-36-9-7-30/h10,15-17H,6-9,11-14H2,1-5H3/t15?,16?,17-/m1/s1. The van der Waals surface area contributed by atoms with Crippen molar-refractivity contribution in [3.05, 3.63) is 26.0 Å². The van der Waals surface area contributed by atoms with Gasteiger partial charge in [-0.05, 0) is 56.6 Å². The van der Waals surface area contributed by atoms with Crippen LogP contribution >= 0.6 is 27.5 Å². The Bertz CT molecular complexity index is 1290.